The van der Waals surface area contributed by atoms with Crippen molar-refractivity contribution in [2.45, 2.75) is 45.5 Å². The van der Waals surface area contributed by atoms with E-state index in [1.54, 1.807) is 6.08 Å². The lowest BCUT2D eigenvalue weighted by Gasteiger charge is -2.53. The standard InChI is InChI=1S/C15H22O3/c1-9-11-6-7-12(16)10(2)14(11)15(9)18-13-5-3-4-8-17-13/h6-7,9-11,13-15H,3-5,8H2,1-2H3/t9-,10-,11+,13?,14+,15+/m0/s1. The third-order valence-electron chi connectivity index (χ3n) is 4.90. The van der Waals surface area contributed by atoms with Crippen LogP contribution in [0.15, 0.2) is 12.2 Å². The van der Waals surface area contributed by atoms with Gasteiger partial charge in [-0.3, -0.25) is 4.79 Å². The van der Waals surface area contributed by atoms with Crippen LogP contribution in [0, 0.1) is 23.7 Å². The maximum atomic E-state index is 11.8. The average Bonchev–Trinajstić information content (AvgIpc) is 2.40. The first kappa shape index (κ1) is 12.4. The molecule has 0 spiro atoms. The first-order valence-electron chi connectivity index (χ1n) is 7.17. The smallest absolute Gasteiger partial charge is 0.158 e. The van der Waals surface area contributed by atoms with Gasteiger partial charge in [0.2, 0.25) is 0 Å². The molecule has 1 aliphatic heterocycles. The monoisotopic (exact) mass is 250 g/mol. The van der Waals surface area contributed by atoms with Crippen LogP contribution < -0.4 is 0 Å². The lowest BCUT2D eigenvalue weighted by atomic mass is 9.56. The summed E-state index contributed by atoms with van der Waals surface area (Å²) in [5, 5.41) is 0. The highest BCUT2D eigenvalue weighted by Gasteiger charge is 2.53. The minimum absolute atomic E-state index is 0.0413. The Morgan fingerprint density at radius 1 is 1.33 bits per heavy atom. The maximum absolute atomic E-state index is 11.8. The molecule has 0 aromatic rings. The van der Waals surface area contributed by atoms with E-state index in [2.05, 4.69) is 13.0 Å². The molecule has 2 fully saturated rings. The van der Waals surface area contributed by atoms with Crippen LogP contribution in [0.1, 0.15) is 33.1 Å². The van der Waals surface area contributed by atoms with E-state index in [1.165, 1.54) is 6.42 Å². The Morgan fingerprint density at radius 3 is 2.89 bits per heavy atom. The van der Waals surface area contributed by atoms with Crippen molar-refractivity contribution in [3.8, 4) is 0 Å². The van der Waals surface area contributed by atoms with Crippen molar-refractivity contribution < 1.29 is 14.3 Å². The van der Waals surface area contributed by atoms with Crippen molar-refractivity contribution >= 4 is 5.78 Å². The van der Waals surface area contributed by atoms with Crippen LogP contribution in [0.4, 0.5) is 0 Å². The van der Waals surface area contributed by atoms with Gasteiger partial charge in [-0.05, 0) is 37.2 Å². The SMILES string of the molecule is C[C@H]1[C@H]2C=CC(=O)[C@H](C)[C@H]2[C@@H]1OC1CCCCO1. The van der Waals surface area contributed by atoms with E-state index in [0.29, 0.717) is 17.8 Å². The highest BCUT2D eigenvalue weighted by Crippen LogP contribution is 2.50. The molecule has 1 heterocycles. The van der Waals surface area contributed by atoms with Gasteiger partial charge in [0.25, 0.3) is 0 Å². The first-order valence-corrected chi connectivity index (χ1v) is 7.17. The lowest BCUT2D eigenvalue weighted by molar-refractivity contribution is -0.249. The Hall–Kier alpha value is -0.670. The van der Waals surface area contributed by atoms with Crippen molar-refractivity contribution in [3.63, 3.8) is 0 Å². The molecule has 3 aliphatic rings. The summed E-state index contributed by atoms with van der Waals surface area (Å²) < 4.78 is 11.8. The number of fused-ring (bicyclic) bond motifs is 1. The summed E-state index contributed by atoms with van der Waals surface area (Å²) in [6.07, 6.45) is 7.33. The van der Waals surface area contributed by atoms with Gasteiger partial charge in [-0.15, -0.1) is 0 Å². The van der Waals surface area contributed by atoms with Gasteiger partial charge in [-0.1, -0.05) is 19.9 Å². The second-order valence-corrected chi connectivity index (χ2v) is 5.96. The molecule has 2 aliphatic carbocycles. The fourth-order valence-corrected chi connectivity index (χ4v) is 3.67. The molecule has 3 nitrogen and oxygen atoms in total. The molecule has 3 heteroatoms. The predicted molar refractivity (Wildman–Crippen MR) is 67.9 cm³/mol. The van der Waals surface area contributed by atoms with Gasteiger partial charge in [-0.2, -0.15) is 0 Å². The zero-order valence-corrected chi connectivity index (χ0v) is 11.2. The number of hydrogen-bond acceptors (Lipinski definition) is 3. The fraction of sp³-hybridized carbons (Fsp3) is 0.800. The third-order valence-corrected chi connectivity index (χ3v) is 4.90. The number of hydrogen-bond donors (Lipinski definition) is 0. The zero-order valence-electron chi connectivity index (χ0n) is 11.2. The van der Waals surface area contributed by atoms with Crippen LogP contribution in [-0.2, 0) is 14.3 Å². The van der Waals surface area contributed by atoms with Gasteiger partial charge in [0, 0.05) is 18.4 Å². The molecule has 100 valence electrons. The third kappa shape index (κ3) is 1.94. The summed E-state index contributed by atoms with van der Waals surface area (Å²) in [5.74, 6) is 1.74. The summed E-state index contributed by atoms with van der Waals surface area (Å²) in [5.41, 5.74) is 0. The Labute approximate surface area is 109 Å². The van der Waals surface area contributed by atoms with Gasteiger partial charge >= 0.3 is 0 Å². The summed E-state index contributed by atoms with van der Waals surface area (Å²) in [7, 11) is 0. The van der Waals surface area contributed by atoms with Gasteiger partial charge in [0.1, 0.15) is 0 Å². The number of rotatable bonds is 2. The number of carbonyl (C=O) groups is 1. The minimum Gasteiger partial charge on any atom is -0.353 e. The van der Waals surface area contributed by atoms with E-state index >= 15 is 0 Å². The fourth-order valence-electron chi connectivity index (χ4n) is 3.67. The normalized spacial score (nSPS) is 47.6. The molecule has 3 rings (SSSR count). The van der Waals surface area contributed by atoms with Crippen LogP contribution in [-0.4, -0.2) is 24.8 Å². The Bertz CT molecular complexity index is 357. The Morgan fingerprint density at radius 2 is 2.17 bits per heavy atom. The van der Waals surface area contributed by atoms with E-state index < -0.39 is 0 Å². The Kier molecular flexibility index (Phi) is 3.29. The Balaban J connectivity index is 1.66. The highest BCUT2D eigenvalue weighted by molar-refractivity contribution is 5.93. The van der Waals surface area contributed by atoms with Crippen molar-refractivity contribution in [1.82, 2.24) is 0 Å². The van der Waals surface area contributed by atoms with Crippen LogP contribution in [0.5, 0.6) is 0 Å². The largest absolute Gasteiger partial charge is 0.353 e. The lowest BCUT2D eigenvalue weighted by Crippen LogP contribution is -2.57. The van der Waals surface area contributed by atoms with E-state index in [1.807, 2.05) is 6.92 Å². The maximum Gasteiger partial charge on any atom is 0.158 e. The van der Waals surface area contributed by atoms with Gasteiger partial charge < -0.3 is 9.47 Å². The number of ketones is 1. The van der Waals surface area contributed by atoms with Crippen LogP contribution in [0.3, 0.4) is 0 Å². The molecule has 18 heavy (non-hydrogen) atoms. The quantitative estimate of drug-likeness (QED) is 0.755. The summed E-state index contributed by atoms with van der Waals surface area (Å²) in [6.45, 7) is 5.07. The van der Waals surface area contributed by atoms with Crippen LogP contribution >= 0.6 is 0 Å². The number of carbonyl (C=O) groups excluding carboxylic acids is 1. The summed E-state index contributed by atoms with van der Waals surface area (Å²) in [4.78, 5) is 11.8. The number of allylic oxidation sites excluding steroid dienone is 2. The molecular formula is C15H22O3. The summed E-state index contributed by atoms with van der Waals surface area (Å²) >= 11 is 0. The molecule has 1 saturated heterocycles. The number of ether oxygens (including phenoxy) is 2. The molecule has 0 amide bonds. The van der Waals surface area contributed by atoms with E-state index in [0.717, 1.165) is 19.4 Å². The molecule has 6 atom stereocenters. The van der Waals surface area contributed by atoms with Gasteiger partial charge in [-0.25, -0.2) is 0 Å². The molecular weight excluding hydrogens is 228 g/mol. The van der Waals surface area contributed by atoms with Crippen molar-refractivity contribution in [2.24, 2.45) is 23.7 Å². The van der Waals surface area contributed by atoms with Gasteiger partial charge in [0.15, 0.2) is 12.1 Å². The minimum atomic E-state index is -0.0413. The van der Waals surface area contributed by atoms with Crippen molar-refractivity contribution in [3.05, 3.63) is 12.2 Å². The molecule has 0 N–H and O–H groups in total. The molecule has 1 unspecified atom stereocenters. The molecule has 0 radical (unpaired) electrons. The van der Waals surface area contributed by atoms with Gasteiger partial charge in [0.05, 0.1) is 6.10 Å². The van der Waals surface area contributed by atoms with Crippen LogP contribution in [0.25, 0.3) is 0 Å². The van der Waals surface area contributed by atoms with E-state index in [9.17, 15) is 4.79 Å². The molecule has 0 bridgehead atoms. The second-order valence-electron chi connectivity index (χ2n) is 5.96. The second kappa shape index (κ2) is 4.78. The highest BCUT2D eigenvalue weighted by atomic mass is 16.7. The van der Waals surface area contributed by atoms with Crippen LogP contribution in [0.2, 0.25) is 0 Å². The molecule has 1 saturated carbocycles. The van der Waals surface area contributed by atoms with E-state index in [-0.39, 0.29) is 24.1 Å². The summed E-state index contributed by atoms with van der Waals surface area (Å²) in [6, 6.07) is 0. The first-order chi connectivity index (χ1) is 8.68. The topological polar surface area (TPSA) is 35.5 Å². The van der Waals surface area contributed by atoms with Crippen molar-refractivity contribution in [2.75, 3.05) is 6.61 Å². The molecule has 0 aromatic heterocycles. The zero-order chi connectivity index (χ0) is 12.7. The van der Waals surface area contributed by atoms with Crippen molar-refractivity contribution in [1.29, 1.82) is 0 Å². The predicted octanol–water partition coefficient (Wildman–Crippen LogP) is 2.56. The van der Waals surface area contributed by atoms with E-state index in [4.69, 9.17) is 9.47 Å². The average molecular weight is 250 g/mol. The molecule has 0 aromatic carbocycles.